The zero-order chi connectivity index (χ0) is 17.8. The number of hydrogen-bond acceptors (Lipinski definition) is 3. The average molecular weight is 343 g/mol. The molecule has 25 heavy (non-hydrogen) atoms. The van der Waals surface area contributed by atoms with Crippen LogP contribution in [0.3, 0.4) is 0 Å². The van der Waals surface area contributed by atoms with E-state index in [9.17, 15) is 13.9 Å². The number of benzene rings is 2. The van der Waals surface area contributed by atoms with Crippen molar-refractivity contribution in [2.75, 3.05) is 13.6 Å². The third-order valence-corrected chi connectivity index (χ3v) is 3.93. The van der Waals surface area contributed by atoms with Crippen LogP contribution in [0.4, 0.5) is 8.78 Å². The highest BCUT2D eigenvalue weighted by Gasteiger charge is 2.17. The van der Waals surface area contributed by atoms with Crippen molar-refractivity contribution in [3.8, 4) is 11.3 Å². The van der Waals surface area contributed by atoms with Gasteiger partial charge in [-0.3, -0.25) is 4.90 Å². The molecule has 0 spiro atoms. The molecule has 2 N–H and O–H groups in total. The number of aliphatic hydroxyl groups is 1. The summed E-state index contributed by atoms with van der Waals surface area (Å²) < 4.78 is 27.0. The number of aromatic nitrogens is 2. The largest absolute Gasteiger partial charge is 0.387 e. The van der Waals surface area contributed by atoms with Crippen molar-refractivity contribution in [1.82, 2.24) is 14.9 Å². The van der Waals surface area contributed by atoms with E-state index in [4.69, 9.17) is 0 Å². The molecule has 0 fully saturated rings. The highest BCUT2D eigenvalue weighted by molar-refractivity contribution is 5.57. The molecule has 3 rings (SSSR count). The Balaban J connectivity index is 1.64. The molecule has 0 saturated heterocycles. The van der Waals surface area contributed by atoms with Crippen LogP contribution in [0.1, 0.15) is 17.5 Å². The monoisotopic (exact) mass is 343 g/mol. The zero-order valence-electron chi connectivity index (χ0n) is 13.8. The number of H-pyrrole nitrogens is 1. The Morgan fingerprint density at radius 1 is 1.16 bits per heavy atom. The number of aromatic amines is 1. The molecule has 1 atom stereocenters. The van der Waals surface area contributed by atoms with Gasteiger partial charge in [0, 0.05) is 12.1 Å². The molecule has 0 saturated carbocycles. The van der Waals surface area contributed by atoms with Gasteiger partial charge in [0.05, 0.1) is 24.5 Å². The summed E-state index contributed by atoms with van der Waals surface area (Å²) in [5.41, 5.74) is 1.89. The lowest BCUT2D eigenvalue weighted by Gasteiger charge is -2.20. The van der Waals surface area contributed by atoms with Crippen LogP contribution in [0.25, 0.3) is 11.3 Å². The van der Waals surface area contributed by atoms with E-state index >= 15 is 0 Å². The molecule has 4 nitrogen and oxygen atoms in total. The summed E-state index contributed by atoms with van der Waals surface area (Å²) in [6, 6.07) is 12.9. The number of nitrogens with zero attached hydrogens (tertiary/aromatic N) is 2. The first-order valence-electron chi connectivity index (χ1n) is 7.94. The van der Waals surface area contributed by atoms with Gasteiger partial charge < -0.3 is 10.1 Å². The second-order valence-corrected chi connectivity index (χ2v) is 5.99. The maximum absolute atomic E-state index is 13.7. The summed E-state index contributed by atoms with van der Waals surface area (Å²) in [6.45, 7) is 0.600. The normalized spacial score (nSPS) is 12.5. The van der Waals surface area contributed by atoms with Gasteiger partial charge >= 0.3 is 0 Å². The van der Waals surface area contributed by atoms with E-state index in [1.165, 1.54) is 0 Å². The fourth-order valence-electron chi connectivity index (χ4n) is 2.69. The average Bonchev–Trinajstić information content (AvgIpc) is 3.06. The van der Waals surface area contributed by atoms with Crippen LogP contribution in [-0.2, 0) is 6.54 Å². The lowest BCUT2D eigenvalue weighted by atomic mass is 10.1. The molecule has 1 unspecified atom stereocenters. The maximum atomic E-state index is 13.7. The summed E-state index contributed by atoms with van der Waals surface area (Å²) >= 11 is 0. The number of likely N-dealkylation sites (N-methyl/N-ethyl adjacent to an activating group) is 1. The van der Waals surface area contributed by atoms with Crippen LogP contribution in [0.5, 0.6) is 0 Å². The van der Waals surface area contributed by atoms with Gasteiger partial charge in [0.2, 0.25) is 0 Å². The van der Waals surface area contributed by atoms with Crippen LogP contribution in [-0.4, -0.2) is 33.6 Å². The van der Waals surface area contributed by atoms with E-state index < -0.39 is 17.7 Å². The summed E-state index contributed by atoms with van der Waals surface area (Å²) in [5.74, 6) is -0.462. The molecule has 1 aromatic heterocycles. The number of imidazole rings is 1. The number of hydrogen-bond donors (Lipinski definition) is 2. The third kappa shape index (κ3) is 4.29. The van der Waals surface area contributed by atoms with Gasteiger partial charge in [-0.15, -0.1) is 0 Å². The van der Waals surface area contributed by atoms with Gasteiger partial charge in [0.1, 0.15) is 17.5 Å². The highest BCUT2D eigenvalue weighted by Crippen LogP contribution is 2.20. The summed E-state index contributed by atoms with van der Waals surface area (Å²) in [5, 5.41) is 10.2. The molecular weight excluding hydrogens is 324 g/mol. The topological polar surface area (TPSA) is 52.2 Å². The smallest absolute Gasteiger partial charge is 0.129 e. The Morgan fingerprint density at radius 3 is 2.68 bits per heavy atom. The Bertz CT molecular complexity index is 836. The van der Waals surface area contributed by atoms with Gasteiger partial charge in [0.25, 0.3) is 0 Å². The minimum absolute atomic E-state index is 0.0451. The molecular formula is C19H19F2N3O. The summed E-state index contributed by atoms with van der Waals surface area (Å²) in [4.78, 5) is 9.35. The Kier molecular flexibility index (Phi) is 5.21. The van der Waals surface area contributed by atoms with Crippen LogP contribution in [0.15, 0.2) is 54.7 Å². The Hall–Kier alpha value is -2.57. The number of halogens is 2. The standard InChI is InChI=1S/C19H19F2N3O/c1-24(11-18(25)15-9-14(20)7-8-16(15)21)12-19-22-10-17(23-19)13-5-3-2-4-6-13/h2-10,18,25H,11-12H2,1H3,(H,22,23). The molecule has 0 radical (unpaired) electrons. The lowest BCUT2D eigenvalue weighted by Crippen LogP contribution is -2.25. The highest BCUT2D eigenvalue weighted by atomic mass is 19.1. The van der Waals surface area contributed by atoms with Gasteiger partial charge in [-0.2, -0.15) is 0 Å². The molecule has 0 aliphatic heterocycles. The number of rotatable bonds is 6. The van der Waals surface area contributed by atoms with E-state index in [-0.39, 0.29) is 12.1 Å². The molecule has 2 aromatic carbocycles. The SMILES string of the molecule is CN(Cc1ncc(-c2ccccc2)[nH]1)CC(O)c1cc(F)ccc1F. The molecule has 0 aliphatic carbocycles. The van der Waals surface area contributed by atoms with Crippen molar-refractivity contribution in [2.24, 2.45) is 0 Å². The first-order valence-corrected chi connectivity index (χ1v) is 7.94. The van der Waals surface area contributed by atoms with Gasteiger partial charge in [-0.05, 0) is 30.8 Å². The minimum Gasteiger partial charge on any atom is -0.387 e. The van der Waals surface area contributed by atoms with E-state index in [1.54, 1.807) is 18.1 Å². The van der Waals surface area contributed by atoms with E-state index in [0.29, 0.717) is 6.54 Å². The number of nitrogens with one attached hydrogen (secondary N) is 1. The van der Waals surface area contributed by atoms with Crippen LogP contribution in [0.2, 0.25) is 0 Å². The van der Waals surface area contributed by atoms with Gasteiger partial charge in [-0.25, -0.2) is 13.8 Å². The van der Waals surface area contributed by atoms with Gasteiger partial charge in [0.15, 0.2) is 0 Å². The van der Waals surface area contributed by atoms with Crippen molar-refractivity contribution in [3.63, 3.8) is 0 Å². The molecule has 0 amide bonds. The molecule has 0 aliphatic rings. The van der Waals surface area contributed by atoms with Crippen LogP contribution >= 0.6 is 0 Å². The van der Waals surface area contributed by atoms with Crippen molar-refractivity contribution in [2.45, 2.75) is 12.6 Å². The Labute approximate surface area is 144 Å². The van der Waals surface area contributed by atoms with Crippen molar-refractivity contribution in [3.05, 3.63) is 77.8 Å². The Morgan fingerprint density at radius 2 is 1.92 bits per heavy atom. The maximum Gasteiger partial charge on any atom is 0.129 e. The molecule has 6 heteroatoms. The predicted octanol–water partition coefficient (Wildman–Crippen LogP) is 3.52. The van der Waals surface area contributed by atoms with E-state index in [2.05, 4.69) is 9.97 Å². The minimum atomic E-state index is -1.12. The fourth-order valence-corrected chi connectivity index (χ4v) is 2.69. The second kappa shape index (κ2) is 7.55. The molecule has 1 heterocycles. The summed E-state index contributed by atoms with van der Waals surface area (Å²) in [6.07, 6.45) is 0.630. The van der Waals surface area contributed by atoms with Crippen molar-refractivity contribution < 1.29 is 13.9 Å². The fraction of sp³-hybridized carbons (Fsp3) is 0.211. The zero-order valence-corrected chi connectivity index (χ0v) is 13.8. The predicted molar refractivity (Wildman–Crippen MR) is 91.7 cm³/mol. The number of aliphatic hydroxyl groups excluding tert-OH is 1. The van der Waals surface area contributed by atoms with E-state index in [1.807, 2.05) is 30.3 Å². The van der Waals surface area contributed by atoms with Crippen LogP contribution in [0, 0.1) is 11.6 Å². The quantitative estimate of drug-likeness (QED) is 0.720. The van der Waals surface area contributed by atoms with Crippen molar-refractivity contribution >= 4 is 0 Å². The molecule has 0 bridgehead atoms. The first-order chi connectivity index (χ1) is 12.0. The van der Waals surface area contributed by atoms with Crippen molar-refractivity contribution in [1.29, 1.82) is 0 Å². The molecule has 3 aromatic rings. The van der Waals surface area contributed by atoms with E-state index in [0.717, 1.165) is 35.3 Å². The summed E-state index contributed by atoms with van der Waals surface area (Å²) in [7, 11) is 1.78. The first kappa shape index (κ1) is 17.3. The second-order valence-electron chi connectivity index (χ2n) is 5.99. The van der Waals surface area contributed by atoms with Gasteiger partial charge in [-0.1, -0.05) is 30.3 Å². The lowest BCUT2D eigenvalue weighted by molar-refractivity contribution is 0.119. The molecule has 130 valence electrons. The van der Waals surface area contributed by atoms with Crippen LogP contribution < -0.4 is 0 Å². The third-order valence-electron chi connectivity index (χ3n) is 3.93.